The van der Waals surface area contributed by atoms with Gasteiger partial charge >= 0.3 is 0 Å². The summed E-state index contributed by atoms with van der Waals surface area (Å²) in [5.41, 5.74) is -0.0424. The molecule has 0 bridgehead atoms. The molecule has 1 saturated heterocycles. The molecule has 0 aromatic carbocycles. The van der Waals surface area contributed by atoms with Crippen LogP contribution in [0.3, 0.4) is 0 Å². The van der Waals surface area contributed by atoms with Crippen LogP contribution >= 0.6 is 0 Å². The fourth-order valence-corrected chi connectivity index (χ4v) is 4.50. The highest BCUT2D eigenvalue weighted by molar-refractivity contribution is 7.89. The molecule has 1 atom stereocenters. The van der Waals surface area contributed by atoms with Crippen LogP contribution in [0.5, 0.6) is 0 Å². The molecule has 2 rings (SSSR count). The zero-order valence-electron chi connectivity index (χ0n) is 11.2. The smallest absolute Gasteiger partial charge is 0.209 e. The van der Waals surface area contributed by atoms with Crippen molar-refractivity contribution < 1.29 is 13.2 Å². The predicted molar refractivity (Wildman–Crippen MR) is 71.6 cm³/mol. The molecule has 0 amide bonds. The summed E-state index contributed by atoms with van der Waals surface area (Å²) >= 11 is 0. The first-order valence-electron chi connectivity index (χ1n) is 7.07. The molecule has 1 saturated carbocycles. The van der Waals surface area contributed by atoms with Crippen LogP contribution in [-0.4, -0.2) is 26.4 Å². The van der Waals surface area contributed by atoms with Crippen molar-refractivity contribution in [3.8, 4) is 0 Å². The largest absolute Gasteiger partial charge is 0.375 e. The molecule has 0 radical (unpaired) electrons. The Labute approximate surface area is 110 Å². The maximum atomic E-state index is 11.2. The van der Waals surface area contributed by atoms with Crippen LogP contribution < -0.4 is 5.14 Å². The number of nitrogens with two attached hydrogens (primary N) is 1. The van der Waals surface area contributed by atoms with Crippen molar-refractivity contribution in [3.05, 3.63) is 0 Å². The molecule has 1 spiro atoms. The number of ether oxygens (including phenoxy) is 1. The van der Waals surface area contributed by atoms with E-state index < -0.39 is 10.0 Å². The lowest BCUT2D eigenvalue weighted by Crippen LogP contribution is -2.44. The van der Waals surface area contributed by atoms with E-state index in [9.17, 15) is 8.42 Å². The molecule has 106 valence electrons. The SMILES string of the molecule is CCC1CCC2(CC1)CC(CS(N)(=O)=O)CCO2. The Hall–Kier alpha value is -0.130. The van der Waals surface area contributed by atoms with E-state index in [1.54, 1.807) is 0 Å². The molecular formula is C13H25NO3S. The average molecular weight is 275 g/mol. The van der Waals surface area contributed by atoms with E-state index in [1.165, 1.54) is 19.3 Å². The number of hydrogen-bond donors (Lipinski definition) is 1. The van der Waals surface area contributed by atoms with E-state index in [-0.39, 0.29) is 17.3 Å². The molecule has 1 aliphatic heterocycles. The first-order chi connectivity index (χ1) is 8.42. The van der Waals surface area contributed by atoms with Crippen molar-refractivity contribution in [2.45, 2.75) is 57.5 Å². The summed E-state index contributed by atoms with van der Waals surface area (Å²) in [6.45, 7) is 2.94. The monoisotopic (exact) mass is 275 g/mol. The summed E-state index contributed by atoms with van der Waals surface area (Å²) < 4.78 is 28.4. The summed E-state index contributed by atoms with van der Waals surface area (Å²) in [5.74, 6) is 1.14. The van der Waals surface area contributed by atoms with Gasteiger partial charge in [0, 0.05) is 6.61 Å². The zero-order chi connectivity index (χ0) is 13.2. The first-order valence-corrected chi connectivity index (χ1v) is 8.78. The van der Waals surface area contributed by atoms with Crippen LogP contribution in [0.1, 0.15) is 51.9 Å². The van der Waals surface area contributed by atoms with Gasteiger partial charge in [0.2, 0.25) is 10.0 Å². The average Bonchev–Trinajstić information content (AvgIpc) is 2.28. The van der Waals surface area contributed by atoms with Gasteiger partial charge in [-0.05, 0) is 50.4 Å². The molecule has 4 nitrogen and oxygen atoms in total. The Morgan fingerprint density at radius 3 is 2.44 bits per heavy atom. The minimum absolute atomic E-state index is 0.0424. The zero-order valence-corrected chi connectivity index (χ0v) is 12.0. The maximum absolute atomic E-state index is 11.2. The molecule has 2 N–H and O–H groups in total. The molecule has 1 heterocycles. The Morgan fingerprint density at radius 1 is 1.22 bits per heavy atom. The fraction of sp³-hybridized carbons (Fsp3) is 1.00. The second-order valence-corrected chi connectivity index (χ2v) is 7.73. The summed E-state index contributed by atoms with van der Waals surface area (Å²) in [6, 6.07) is 0. The van der Waals surface area contributed by atoms with E-state index in [0.29, 0.717) is 6.61 Å². The summed E-state index contributed by atoms with van der Waals surface area (Å²) in [4.78, 5) is 0. The minimum Gasteiger partial charge on any atom is -0.375 e. The van der Waals surface area contributed by atoms with Gasteiger partial charge in [0.1, 0.15) is 0 Å². The van der Waals surface area contributed by atoms with Crippen LogP contribution in [0.15, 0.2) is 0 Å². The van der Waals surface area contributed by atoms with Crippen molar-refractivity contribution in [2.24, 2.45) is 17.0 Å². The van der Waals surface area contributed by atoms with Gasteiger partial charge in [-0.15, -0.1) is 0 Å². The van der Waals surface area contributed by atoms with Crippen LogP contribution in [0.2, 0.25) is 0 Å². The predicted octanol–water partition coefficient (Wildman–Crippen LogP) is 2.04. The fourth-order valence-electron chi connectivity index (χ4n) is 3.56. The van der Waals surface area contributed by atoms with Crippen molar-refractivity contribution in [1.82, 2.24) is 0 Å². The molecule has 1 aliphatic carbocycles. The standard InChI is InChI=1S/C13H25NO3S/c1-2-11-3-6-13(7-4-11)9-12(5-8-17-13)10-18(14,15)16/h11-12H,2-10H2,1H3,(H2,14,15,16). The van der Waals surface area contributed by atoms with Crippen LogP contribution in [0.4, 0.5) is 0 Å². The third-order valence-corrected chi connectivity index (χ3v) is 5.59. The molecule has 2 aliphatic rings. The Morgan fingerprint density at radius 2 is 1.89 bits per heavy atom. The number of sulfonamides is 1. The molecule has 1 unspecified atom stereocenters. The minimum atomic E-state index is -3.35. The van der Waals surface area contributed by atoms with E-state index in [0.717, 1.165) is 31.6 Å². The van der Waals surface area contributed by atoms with Crippen molar-refractivity contribution >= 4 is 10.0 Å². The maximum Gasteiger partial charge on any atom is 0.209 e. The number of hydrogen-bond acceptors (Lipinski definition) is 3. The number of primary sulfonamides is 1. The van der Waals surface area contributed by atoms with Gasteiger partial charge in [-0.1, -0.05) is 13.3 Å². The lowest BCUT2D eigenvalue weighted by Gasteiger charge is -2.45. The topological polar surface area (TPSA) is 69.4 Å². The quantitative estimate of drug-likeness (QED) is 0.857. The van der Waals surface area contributed by atoms with E-state index in [4.69, 9.17) is 9.88 Å². The van der Waals surface area contributed by atoms with Crippen LogP contribution in [0.25, 0.3) is 0 Å². The highest BCUT2D eigenvalue weighted by Crippen LogP contribution is 2.43. The van der Waals surface area contributed by atoms with Gasteiger partial charge in [0.15, 0.2) is 0 Å². The van der Waals surface area contributed by atoms with E-state index in [2.05, 4.69) is 6.92 Å². The summed E-state index contributed by atoms with van der Waals surface area (Å²) in [7, 11) is -3.35. The normalized spacial score (nSPS) is 37.9. The van der Waals surface area contributed by atoms with E-state index in [1.807, 2.05) is 0 Å². The van der Waals surface area contributed by atoms with Gasteiger partial charge in [-0.25, -0.2) is 13.6 Å². The van der Waals surface area contributed by atoms with Gasteiger partial charge in [-0.2, -0.15) is 0 Å². The van der Waals surface area contributed by atoms with Gasteiger partial charge in [0.25, 0.3) is 0 Å². The van der Waals surface area contributed by atoms with Crippen molar-refractivity contribution in [3.63, 3.8) is 0 Å². The third-order valence-electron chi connectivity index (χ3n) is 4.66. The lowest BCUT2D eigenvalue weighted by atomic mass is 9.72. The summed E-state index contributed by atoms with van der Waals surface area (Å²) in [5, 5.41) is 5.16. The Balaban J connectivity index is 1.94. The Bertz CT molecular complexity index is 372. The van der Waals surface area contributed by atoms with E-state index >= 15 is 0 Å². The second-order valence-electron chi connectivity index (χ2n) is 6.07. The second kappa shape index (κ2) is 5.47. The highest BCUT2D eigenvalue weighted by Gasteiger charge is 2.40. The van der Waals surface area contributed by atoms with Gasteiger partial charge in [-0.3, -0.25) is 0 Å². The molecule has 2 fully saturated rings. The number of rotatable bonds is 3. The molecule has 0 aromatic heterocycles. The molecule has 5 heteroatoms. The summed E-state index contributed by atoms with van der Waals surface area (Å²) in [6.07, 6.45) is 7.57. The Kier molecular flexibility index (Phi) is 4.34. The van der Waals surface area contributed by atoms with Gasteiger partial charge < -0.3 is 4.74 Å². The molecule has 0 aromatic rings. The lowest BCUT2D eigenvalue weighted by molar-refractivity contribution is -0.120. The van der Waals surface area contributed by atoms with Crippen LogP contribution in [0, 0.1) is 11.8 Å². The van der Waals surface area contributed by atoms with Crippen LogP contribution in [-0.2, 0) is 14.8 Å². The highest BCUT2D eigenvalue weighted by atomic mass is 32.2. The third kappa shape index (κ3) is 3.68. The molecular weight excluding hydrogens is 250 g/mol. The molecule has 18 heavy (non-hydrogen) atoms. The van der Waals surface area contributed by atoms with Gasteiger partial charge in [0.05, 0.1) is 11.4 Å². The van der Waals surface area contributed by atoms with Crippen molar-refractivity contribution in [1.29, 1.82) is 0 Å². The first kappa shape index (κ1) is 14.3. The van der Waals surface area contributed by atoms with Crippen molar-refractivity contribution in [2.75, 3.05) is 12.4 Å².